The molecule has 2 heterocycles. The van der Waals surface area contributed by atoms with Crippen molar-refractivity contribution < 1.29 is 34.0 Å². The van der Waals surface area contributed by atoms with Crippen molar-refractivity contribution in [2.75, 3.05) is 6.61 Å². The zero-order valence-corrected chi connectivity index (χ0v) is 15.1. The molecule has 3 N–H and O–H groups in total. The van der Waals surface area contributed by atoms with Crippen LogP contribution >= 0.6 is 0 Å². The summed E-state index contributed by atoms with van der Waals surface area (Å²) < 4.78 is 22.3. The summed E-state index contributed by atoms with van der Waals surface area (Å²) in [5.74, 6) is -0.799. The Labute approximate surface area is 142 Å². The van der Waals surface area contributed by atoms with E-state index in [0.29, 0.717) is 0 Å². The first-order valence-electron chi connectivity index (χ1n) is 8.22. The van der Waals surface area contributed by atoms with Crippen LogP contribution in [-0.2, 0) is 18.9 Å². The van der Waals surface area contributed by atoms with Crippen molar-refractivity contribution in [1.29, 1.82) is 0 Å². The number of amides is 1. The van der Waals surface area contributed by atoms with Gasteiger partial charge in [-0.15, -0.1) is 0 Å². The molecule has 0 saturated carbocycles. The zero-order valence-electron chi connectivity index (χ0n) is 15.1. The van der Waals surface area contributed by atoms with Gasteiger partial charge in [-0.25, -0.2) is 4.79 Å². The van der Waals surface area contributed by atoms with Crippen LogP contribution < -0.4 is 5.32 Å². The van der Waals surface area contributed by atoms with E-state index in [1.807, 2.05) is 0 Å². The van der Waals surface area contributed by atoms with Gasteiger partial charge in [0.15, 0.2) is 5.79 Å². The van der Waals surface area contributed by atoms with E-state index in [-0.39, 0.29) is 6.61 Å². The third-order valence-corrected chi connectivity index (χ3v) is 4.01. The second kappa shape index (κ2) is 6.76. The molecular formula is C16H29NO7. The highest BCUT2D eigenvalue weighted by atomic mass is 16.7. The quantitative estimate of drug-likeness (QED) is 0.684. The van der Waals surface area contributed by atoms with Crippen molar-refractivity contribution in [3.8, 4) is 0 Å². The first-order chi connectivity index (χ1) is 10.9. The second-order valence-electron chi connectivity index (χ2n) is 7.83. The lowest BCUT2D eigenvalue weighted by Gasteiger charge is -2.32. The van der Waals surface area contributed by atoms with Crippen LogP contribution in [0.3, 0.4) is 0 Å². The summed E-state index contributed by atoms with van der Waals surface area (Å²) >= 11 is 0. The van der Waals surface area contributed by atoms with Gasteiger partial charge in [0.25, 0.3) is 0 Å². The van der Waals surface area contributed by atoms with E-state index in [1.165, 1.54) is 0 Å². The maximum atomic E-state index is 12.2. The largest absolute Gasteiger partial charge is 0.444 e. The SMILES string of the molecule is C[C@H]1O[C@@H](C(NC(=O)OC(C)(C)C)[C@H]2COC(C)(C)O2)[C@@H](O)[C@@H]1O. The van der Waals surface area contributed by atoms with Crippen molar-refractivity contribution in [3.05, 3.63) is 0 Å². The molecule has 140 valence electrons. The number of rotatable bonds is 3. The molecular weight excluding hydrogens is 318 g/mol. The second-order valence-corrected chi connectivity index (χ2v) is 7.83. The molecule has 0 spiro atoms. The highest BCUT2D eigenvalue weighted by Crippen LogP contribution is 2.31. The maximum absolute atomic E-state index is 12.2. The molecule has 1 unspecified atom stereocenters. The Morgan fingerprint density at radius 3 is 2.33 bits per heavy atom. The Bertz CT molecular complexity index is 462. The molecule has 6 atom stereocenters. The van der Waals surface area contributed by atoms with Gasteiger partial charge < -0.3 is 34.5 Å². The average Bonchev–Trinajstić information content (AvgIpc) is 2.89. The molecule has 0 aliphatic carbocycles. The van der Waals surface area contributed by atoms with E-state index >= 15 is 0 Å². The zero-order chi connectivity index (χ0) is 18.3. The molecule has 0 bridgehead atoms. The average molecular weight is 347 g/mol. The normalized spacial score (nSPS) is 37.2. The number of alkyl carbamates (subject to hydrolysis) is 1. The van der Waals surface area contributed by atoms with Crippen LogP contribution in [0.25, 0.3) is 0 Å². The van der Waals surface area contributed by atoms with Gasteiger partial charge in [-0.1, -0.05) is 0 Å². The molecule has 0 aromatic rings. The van der Waals surface area contributed by atoms with Crippen LogP contribution in [-0.4, -0.2) is 70.9 Å². The first-order valence-corrected chi connectivity index (χ1v) is 8.22. The van der Waals surface area contributed by atoms with Gasteiger partial charge in [-0.2, -0.15) is 0 Å². The minimum atomic E-state index is -1.15. The third kappa shape index (κ3) is 4.58. The third-order valence-electron chi connectivity index (χ3n) is 4.01. The summed E-state index contributed by atoms with van der Waals surface area (Å²) in [7, 11) is 0. The van der Waals surface area contributed by atoms with Crippen LogP contribution in [0.1, 0.15) is 41.5 Å². The topological polar surface area (TPSA) is 106 Å². The van der Waals surface area contributed by atoms with Gasteiger partial charge in [-0.3, -0.25) is 0 Å². The van der Waals surface area contributed by atoms with Crippen molar-refractivity contribution in [3.63, 3.8) is 0 Å². The lowest BCUT2D eigenvalue weighted by molar-refractivity contribution is -0.149. The van der Waals surface area contributed by atoms with E-state index in [0.717, 1.165) is 0 Å². The van der Waals surface area contributed by atoms with Gasteiger partial charge >= 0.3 is 6.09 Å². The Kier molecular flexibility index (Phi) is 5.46. The first kappa shape index (κ1) is 19.4. The smallest absolute Gasteiger partial charge is 0.408 e. The molecule has 0 aromatic heterocycles. The van der Waals surface area contributed by atoms with Crippen molar-refractivity contribution in [2.45, 2.75) is 89.5 Å². The highest BCUT2D eigenvalue weighted by Gasteiger charge is 2.50. The monoisotopic (exact) mass is 347 g/mol. The Morgan fingerprint density at radius 1 is 1.29 bits per heavy atom. The summed E-state index contributed by atoms with van der Waals surface area (Å²) in [5.41, 5.74) is -0.664. The van der Waals surface area contributed by atoms with Crippen molar-refractivity contribution >= 4 is 6.09 Å². The van der Waals surface area contributed by atoms with Gasteiger partial charge in [0.1, 0.15) is 30.0 Å². The molecule has 2 saturated heterocycles. The Balaban J connectivity index is 2.15. The summed E-state index contributed by atoms with van der Waals surface area (Å²) in [6.45, 7) is 10.7. The van der Waals surface area contributed by atoms with E-state index in [1.54, 1.807) is 41.5 Å². The van der Waals surface area contributed by atoms with E-state index in [2.05, 4.69) is 5.32 Å². The van der Waals surface area contributed by atoms with Crippen LogP contribution in [0.4, 0.5) is 4.79 Å². The van der Waals surface area contributed by atoms with E-state index in [4.69, 9.17) is 18.9 Å². The number of hydrogen-bond acceptors (Lipinski definition) is 7. The number of ether oxygens (including phenoxy) is 4. The number of aliphatic hydroxyl groups is 2. The number of hydrogen-bond donors (Lipinski definition) is 3. The van der Waals surface area contributed by atoms with Crippen LogP contribution in [0, 0.1) is 0 Å². The fourth-order valence-corrected chi connectivity index (χ4v) is 2.90. The van der Waals surface area contributed by atoms with Gasteiger partial charge in [0.2, 0.25) is 0 Å². The molecule has 24 heavy (non-hydrogen) atoms. The number of carbonyl (C=O) groups excluding carboxylic acids is 1. The minimum absolute atomic E-state index is 0.227. The molecule has 2 fully saturated rings. The minimum Gasteiger partial charge on any atom is -0.444 e. The fraction of sp³-hybridized carbons (Fsp3) is 0.938. The lowest BCUT2D eigenvalue weighted by atomic mass is 9.98. The molecule has 2 rings (SSSR count). The standard InChI is InChI=1S/C16H29NO7/c1-8-11(18)12(19)13(22-8)10(9-7-21-16(5,6)23-9)17-14(20)24-15(2,3)4/h8-13,18-19H,7H2,1-6H3,(H,17,20)/t8-,9-,10?,11-,12+,13+/m1/s1. The van der Waals surface area contributed by atoms with Crippen LogP contribution in [0.15, 0.2) is 0 Å². The summed E-state index contributed by atoms with van der Waals surface area (Å²) in [4.78, 5) is 12.2. The van der Waals surface area contributed by atoms with Crippen LogP contribution in [0.5, 0.6) is 0 Å². The van der Waals surface area contributed by atoms with E-state index < -0.39 is 54.0 Å². The molecule has 8 nitrogen and oxygen atoms in total. The summed E-state index contributed by atoms with van der Waals surface area (Å²) in [5, 5.41) is 22.9. The molecule has 1 amide bonds. The maximum Gasteiger partial charge on any atom is 0.408 e. The Morgan fingerprint density at radius 2 is 1.92 bits per heavy atom. The number of nitrogens with one attached hydrogen (secondary N) is 1. The fourth-order valence-electron chi connectivity index (χ4n) is 2.90. The molecule has 2 aliphatic heterocycles. The van der Waals surface area contributed by atoms with Gasteiger partial charge in [-0.05, 0) is 41.5 Å². The summed E-state index contributed by atoms with van der Waals surface area (Å²) in [6.07, 6.45) is -4.75. The predicted molar refractivity (Wildman–Crippen MR) is 84.4 cm³/mol. The Hall–Kier alpha value is -0.930. The summed E-state index contributed by atoms with van der Waals surface area (Å²) in [6, 6.07) is -0.726. The molecule has 0 radical (unpaired) electrons. The molecule has 2 aliphatic rings. The lowest BCUT2D eigenvalue weighted by Crippen LogP contribution is -2.56. The van der Waals surface area contributed by atoms with Crippen molar-refractivity contribution in [2.24, 2.45) is 0 Å². The van der Waals surface area contributed by atoms with E-state index in [9.17, 15) is 15.0 Å². The van der Waals surface area contributed by atoms with Crippen molar-refractivity contribution in [1.82, 2.24) is 5.32 Å². The van der Waals surface area contributed by atoms with Crippen LogP contribution in [0.2, 0.25) is 0 Å². The predicted octanol–water partition coefficient (Wildman–Crippen LogP) is 0.540. The molecule has 8 heteroatoms. The number of aliphatic hydroxyl groups excluding tert-OH is 2. The molecule has 0 aromatic carbocycles. The highest BCUT2D eigenvalue weighted by molar-refractivity contribution is 5.68. The number of carbonyl (C=O) groups is 1. The van der Waals surface area contributed by atoms with Gasteiger partial charge in [0, 0.05) is 0 Å². The van der Waals surface area contributed by atoms with Gasteiger partial charge in [0.05, 0.1) is 18.8 Å².